The van der Waals surface area contributed by atoms with Crippen molar-refractivity contribution in [2.24, 2.45) is 10.9 Å². The fourth-order valence-electron chi connectivity index (χ4n) is 1.71. The van der Waals surface area contributed by atoms with Gasteiger partial charge in [-0.2, -0.15) is 0 Å². The summed E-state index contributed by atoms with van der Waals surface area (Å²) in [6.45, 7) is 1.07. The highest BCUT2D eigenvalue weighted by Crippen LogP contribution is 2.11. The molecule has 0 unspecified atom stereocenters. The van der Waals surface area contributed by atoms with Crippen LogP contribution in [0.4, 0.5) is 5.82 Å². The lowest BCUT2D eigenvalue weighted by molar-refractivity contribution is 0.597. The topological polar surface area (TPSA) is 111 Å². The van der Waals surface area contributed by atoms with Crippen molar-refractivity contribution < 1.29 is 8.42 Å². The van der Waals surface area contributed by atoms with E-state index in [1.807, 2.05) is 24.3 Å². The first-order valence-electron chi connectivity index (χ1n) is 5.99. The fraction of sp³-hybridized carbons (Fsp3) is 0.154. The van der Waals surface area contributed by atoms with Crippen LogP contribution in [0.1, 0.15) is 11.1 Å². The van der Waals surface area contributed by atoms with Crippen LogP contribution in [0.25, 0.3) is 0 Å². The molecule has 1 aromatic carbocycles. The number of sulfonamides is 1. The summed E-state index contributed by atoms with van der Waals surface area (Å²) < 4.78 is 22.2. The Labute approximate surface area is 117 Å². The molecule has 0 aliphatic heterocycles. The highest BCUT2D eigenvalue weighted by Gasteiger charge is 2.07. The fourth-order valence-corrected chi connectivity index (χ4v) is 2.17. The van der Waals surface area contributed by atoms with Gasteiger partial charge in [0, 0.05) is 19.3 Å². The van der Waals surface area contributed by atoms with Gasteiger partial charge in [-0.25, -0.2) is 18.5 Å². The minimum absolute atomic E-state index is 0.00632. The van der Waals surface area contributed by atoms with Crippen LogP contribution in [0.5, 0.6) is 0 Å². The zero-order chi connectivity index (χ0) is 14.6. The van der Waals surface area contributed by atoms with Crippen molar-refractivity contribution >= 4 is 15.8 Å². The van der Waals surface area contributed by atoms with Crippen molar-refractivity contribution in [3.63, 3.8) is 0 Å². The van der Waals surface area contributed by atoms with Crippen molar-refractivity contribution in [1.29, 1.82) is 0 Å². The molecule has 0 atom stereocenters. The molecule has 2 rings (SSSR count). The number of aromatic nitrogens is 1. The van der Waals surface area contributed by atoms with E-state index in [-0.39, 0.29) is 4.90 Å². The Morgan fingerprint density at radius 1 is 1.15 bits per heavy atom. The molecule has 20 heavy (non-hydrogen) atoms. The third kappa shape index (κ3) is 3.77. The molecule has 0 amide bonds. The van der Waals surface area contributed by atoms with Crippen LogP contribution in [-0.2, 0) is 23.1 Å². The number of rotatable bonds is 5. The molecule has 0 fully saturated rings. The highest BCUT2D eigenvalue weighted by atomic mass is 32.2. The van der Waals surface area contributed by atoms with Gasteiger partial charge in [-0.1, -0.05) is 24.3 Å². The first-order valence-corrected chi connectivity index (χ1v) is 7.54. The smallest absolute Gasteiger partial charge is 0.239 e. The van der Waals surface area contributed by atoms with Crippen LogP contribution < -0.4 is 16.2 Å². The summed E-state index contributed by atoms with van der Waals surface area (Å²) in [7, 11) is -3.70. The van der Waals surface area contributed by atoms with Crippen molar-refractivity contribution in [2.45, 2.75) is 18.0 Å². The first-order chi connectivity index (χ1) is 9.49. The molecule has 5 N–H and O–H groups in total. The van der Waals surface area contributed by atoms with Crippen molar-refractivity contribution in [3.8, 4) is 0 Å². The van der Waals surface area contributed by atoms with E-state index in [1.165, 1.54) is 12.3 Å². The third-order valence-corrected chi connectivity index (χ3v) is 3.66. The maximum atomic E-state index is 11.1. The van der Waals surface area contributed by atoms with Crippen LogP contribution in [0.3, 0.4) is 0 Å². The van der Waals surface area contributed by atoms with Gasteiger partial charge in [0.15, 0.2) is 0 Å². The summed E-state index contributed by atoms with van der Waals surface area (Å²) in [5, 5.41) is 8.11. The van der Waals surface area contributed by atoms with Crippen molar-refractivity contribution in [2.75, 3.05) is 5.32 Å². The summed E-state index contributed by atoms with van der Waals surface area (Å²) in [4.78, 5) is 4.00. The second-order valence-corrected chi connectivity index (χ2v) is 5.86. The molecular weight excluding hydrogens is 276 g/mol. The van der Waals surface area contributed by atoms with E-state index in [4.69, 9.17) is 10.9 Å². The minimum atomic E-state index is -3.70. The molecule has 0 spiro atoms. The molecule has 106 valence electrons. The molecule has 0 aliphatic carbocycles. The highest BCUT2D eigenvalue weighted by molar-refractivity contribution is 7.89. The number of hydrogen-bond acceptors (Lipinski definition) is 5. The van der Waals surface area contributed by atoms with Crippen LogP contribution in [-0.4, -0.2) is 13.4 Å². The Kier molecular flexibility index (Phi) is 4.33. The average molecular weight is 292 g/mol. The zero-order valence-corrected chi connectivity index (χ0v) is 11.6. The molecule has 1 heterocycles. The summed E-state index contributed by atoms with van der Waals surface area (Å²) >= 11 is 0. The lowest BCUT2D eigenvalue weighted by atomic mass is 10.1. The van der Waals surface area contributed by atoms with Gasteiger partial charge in [-0.05, 0) is 23.3 Å². The van der Waals surface area contributed by atoms with E-state index in [0.29, 0.717) is 18.9 Å². The lowest BCUT2D eigenvalue weighted by Crippen LogP contribution is -2.12. The average Bonchev–Trinajstić information content (AvgIpc) is 2.45. The largest absolute Gasteiger partial charge is 0.366 e. The van der Waals surface area contributed by atoms with E-state index in [9.17, 15) is 8.42 Å². The SMILES string of the molecule is NCc1cccc(CNc2ccc(S(N)(=O)=O)cn2)c1. The number of benzene rings is 1. The number of pyridine rings is 1. The molecule has 7 heteroatoms. The van der Waals surface area contributed by atoms with E-state index in [2.05, 4.69) is 10.3 Å². The van der Waals surface area contributed by atoms with Crippen molar-refractivity contribution in [3.05, 3.63) is 53.7 Å². The normalized spacial score (nSPS) is 11.3. The standard InChI is InChI=1S/C13H16N4O2S/c14-7-10-2-1-3-11(6-10)8-16-13-5-4-12(9-17-13)20(15,18)19/h1-6,9H,7-8,14H2,(H,16,17)(H2,15,18,19). The number of anilines is 1. The first kappa shape index (κ1) is 14.4. The molecule has 0 aliphatic rings. The predicted octanol–water partition coefficient (Wildman–Crippen LogP) is 0.800. The minimum Gasteiger partial charge on any atom is -0.366 e. The van der Waals surface area contributed by atoms with Crippen LogP contribution in [0.15, 0.2) is 47.5 Å². The van der Waals surface area contributed by atoms with Gasteiger partial charge in [-0.15, -0.1) is 0 Å². The van der Waals surface area contributed by atoms with Gasteiger partial charge in [-0.3, -0.25) is 0 Å². The van der Waals surface area contributed by atoms with E-state index in [1.54, 1.807) is 6.07 Å². The molecular formula is C13H16N4O2S. The maximum Gasteiger partial charge on any atom is 0.239 e. The molecule has 0 saturated carbocycles. The molecule has 2 aromatic rings. The Bertz CT molecular complexity index is 684. The number of primary sulfonamides is 1. The predicted molar refractivity (Wildman–Crippen MR) is 77.3 cm³/mol. The summed E-state index contributed by atoms with van der Waals surface area (Å²) in [5.41, 5.74) is 7.71. The van der Waals surface area contributed by atoms with Gasteiger partial charge in [0.2, 0.25) is 10.0 Å². The molecule has 0 bridgehead atoms. The molecule has 6 nitrogen and oxygen atoms in total. The van der Waals surface area contributed by atoms with E-state index < -0.39 is 10.0 Å². The van der Waals surface area contributed by atoms with E-state index in [0.717, 1.165) is 11.1 Å². The number of hydrogen-bond donors (Lipinski definition) is 3. The maximum absolute atomic E-state index is 11.1. The van der Waals surface area contributed by atoms with Crippen LogP contribution in [0, 0.1) is 0 Å². The summed E-state index contributed by atoms with van der Waals surface area (Å²) in [5.74, 6) is 0.579. The third-order valence-electron chi connectivity index (χ3n) is 2.77. The summed E-state index contributed by atoms with van der Waals surface area (Å²) in [6.07, 6.45) is 1.23. The van der Waals surface area contributed by atoms with Gasteiger partial charge in [0.05, 0.1) is 0 Å². The molecule has 0 radical (unpaired) electrons. The molecule has 1 aromatic heterocycles. The summed E-state index contributed by atoms with van der Waals surface area (Å²) in [6, 6.07) is 10.9. The van der Waals surface area contributed by atoms with Gasteiger partial charge in [0.25, 0.3) is 0 Å². The van der Waals surface area contributed by atoms with Gasteiger partial charge in [0.1, 0.15) is 10.7 Å². The Morgan fingerprint density at radius 2 is 1.90 bits per heavy atom. The Morgan fingerprint density at radius 3 is 2.50 bits per heavy atom. The zero-order valence-electron chi connectivity index (χ0n) is 10.8. The lowest BCUT2D eigenvalue weighted by Gasteiger charge is -2.07. The van der Waals surface area contributed by atoms with Crippen LogP contribution in [0.2, 0.25) is 0 Å². The number of nitrogens with zero attached hydrogens (tertiary/aromatic N) is 1. The number of nitrogens with two attached hydrogens (primary N) is 2. The number of nitrogens with one attached hydrogen (secondary N) is 1. The Hall–Kier alpha value is -1.96. The van der Waals surface area contributed by atoms with Crippen LogP contribution >= 0.6 is 0 Å². The molecule has 0 saturated heterocycles. The quantitative estimate of drug-likeness (QED) is 0.754. The van der Waals surface area contributed by atoms with E-state index >= 15 is 0 Å². The second-order valence-electron chi connectivity index (χ2n) is 4.30. The van der Waals surface area contributed by atoms with Gasteiger partial charge >= 0.3 is 0 Å². The van der Waals surface area contributed by atoms with Gasteiger partial charge < -0.3 is 11.1 Å². The monoisotopic (exact) mass is 292 g/mol. The second kappa shape index (κ2) is 6.00. The van der Waals surface area contributed by atoms with Crippen molar-refractivity contribution in [1.82, 2.24) is 4.98 Å². The Balaban J connectivity index is 2.04.